The van der Waals surface area contributed by atoms with Gasteiger partial charge in [-0.25, -0.2) is 4.79 Å². The summed E-state index contributed by atoms with van der Waals surface area (Å²) in [6, 6.07) is 20.3. The summed E-state index contributed by atoms with van der Waals surface area (Å²) < 4.78 is 16.7. The Morgan fingerprint density at radius 1 is 0.931 bits per heavy atom. The third-order valence-electron chi connectivity index (χ3n) is 4.83. The third kappa shape index (κ3) is 3.98. The van der Waals surface area contributed by atoms with Gasteiger partial charge in [0.25, 0.3) is 0 Å². The van der Waals surface area contributed by atoms with Crippen LogP contribution in [0.15, 0.2) is 75.9 Å². The Morgan fingerprint density at radius 2 is 1.62 bits per heavy atom. The van der Waals surface area contributed by atoms with E-state index in [2.05, 4.69) is 0 Å². The Kier molecular flexibility index (Phi) is 5.28. The highest BCUT2D eigenvalue weighted by Crippen LogP contribution is 2.30. The second-order valence-corrected chi connectivity index (χ2v) is 7.13. The zero-order chi connectivity index (χ0) is 20.4. The van der Waals surface area contributed by atoms with Gasteiger partial charge >= 0.3 is 5.63 Å². The largest absolute Gasteiger partial charge is 0.497 e. The number of halogens is 1. The van der Waals surface area contributed by atoms with Crippen LogP contribution in [0.25, 0.3) is 22.1 Å². The van der Waals surface area contributed by atoms with Crippen molar-refractivity contribution in [1.82, 2.24) is 0 Å². The van der Waals surface area contributed by atoms with E-state index in [0.717, 1.165) is 27.8 Å². The lowest BCUT2D eigenvalue weighted by atomic mass is 9.99. The summed E-state index contributed by atoms with van der Waals surface area (Å²) in [7, 11) is 1.61. The fourth-order valence-electron chi connectivity index (χ4n) is 3.26. The van der Waals surface area contributed by atoms with Crippen molar-refractivity contribution in [2.75, 3.05) is 7.11 Å². The molecule has 0 atom stereocenters. The molecular weight excluding hydrogens is 388 g/mol. The Balaban J connectivity index is 1.69. The van der Waals surface area contributed by atoms with E-state index in [-0.39, 0.29) is 5.63 Å². The molecule has 1 heterocycles. The highest BCUT2D eigenvalue weighted by Gasteiger charge is 2.14. The summed E-state index contributed by atoms with van der Waals surface area (Å²) in [5.41, 5.74) is 3.35. The van der Waals surface area contributed by atoms with Crippen LogP contribution in [0.1, 0.15) is 11.1 Å². The van der Waals surface area contributed by atoms with Crippen LogP contribution in [0.5, 0.6) is 11.5 Å². The molecule has 4 rings (SSSR count). The summed E-state index contributed by atoms with van der Waals surface area (Å²) in [6.45, 7) is 2.34. The van der Waals surface area contributed by atoms with Crippen molar-refractivity contribution in [3.63, 3.8) is 0 Å². The van der Waals surface area contributed by atoms with E-state index in [1.807, 2.05) is 61.5 Å². The van der Waals surface area contributed by atoms with Gasteiger partial charge in [-0.15, -0.1) is 0 Å². The lowest BCUT2D eigenvalue weighted by molar-refractivity contribution is 0.306. The lowest BCUT2D eigenvalue weighted by Gasteiger charge is -2.11. The van der Waals surface area contributed by atoms with Gasteiger partial charge in [-0.2, -0.15) is 0 Å². The smallest absolute Gasteiger partial charge is 0.344 e. The number of hydrogen-bond acceptors (Lipinski definition) is 4. The van der Waals surface area contributed by atoms with E-state index in [1.54, 1.807) is 19.2 Å². The average Bonchev–Trinajstić information content (AvgIpc) is 2.74. The maximum absolute atomic E-state index is 12.6. The van der Waals surface area contributed by atoms with Crippen LogP contribution in [-0.4, -0.2) is 7.11 Å². The van der Waals surface area contributed by atoms with Crippen LogP contribution >= 0.6 is 11.6 Å². The van der Waals surface area contributed by atoms with Gasteiger partial charge in [-0.3, -0.25) is 0 Å². The van der Waals surface area contributed by atoms with E-state index in [4.69, 9.17) is 25.5 Å². The molecule has 0 saturated heterocycles. The van der Waals surface area contributed by atoms with Crippen molar-refractivity contribution in [3.05, 3.63) is 93.3 Å². The monoisotopic (exact) mass is 406 g/mol. The molecule has 0 amide bonds. The minimum atomic E-state index is -0.366. The molecule has 4 aromatic rings. The van der Waals surface area contributed by atoms with E-state index >= 15 is 0 Å². The summed E-state index contributed by atoms with van der Waals surface area (Å²) >= 11 is 5.92. The van der Waals surface area contributed by atoms with Gasteiger partial charge in [0.05, 0.1) is 12.7 Å². The molecule has 0 aliphatic rings. The van der Waals surface area contributed by atoms with Crippen LogP contribution in [0.3, 0.4) is 0 Å². The molecule has 0 unspecified atom stereocenters. The van der Waals surface area contributed by atoms with Crippen LogP contribution < -0.4 is 15.1 Å². The van der Waals surface area contributed by atoms with Gasteiger partial charge in [-0.05, 0) is 66.1 Å². The molecule has 3 aromatic carbocycles. The molecule has 1 aromatic heterocycles. The van der Waals surface area contributed by atoms with Crippen molar-refractivity contribution in [2.24, 2.45) is 0 Å². The van der Waals surface area contributed by atoms with E-state index in [1.165, 1.54) is 0 Å². The Bertz CT molecular complexity index is 1210. The molecule has 0 radical (unpaired) electrons. The predicted octanol–water partition coefficient (Wildman–Crippen LogP) is 6.01. The topological polar surface area (TPSA) is 48.7 Å². The number of benzene rings is 3. The lowest BCUT2D eigenvalue weighted by Crippen LogP contribution is -2.06. The van der Waals surface area contributed by atoms with Gasteiger partial charge in [-0.1, -0.05) is 35.9 Å². The number of methoxy groups -OCH3 is 1. The first-order valence-electron chi connectivity index (χ1n) is 9.14. The molecule has 0 aliphatic heterocycles. The van der Waals surface area contributed by atoms with E-state index in [0.29, 0.717) is 28.5 Å². The van der Waals surface area contributed by atoms with Crippen LogP contribution in [0.4, 0.5) is 0 Å². The first-order chi connectivity index (χ1) is 14.0. The average molecular weight is 407 g/mol. The number of ether oxygens (including phenoxy) is 2. The van der Waals surface area contributed by atoms with Crippen molar-refractivity contribution in [3.8, 4) is 22.6 Å². The normalized spacial score (nSPS) is 10.9. The Labute approximate surface area is 173 Å². The highest BCUT2D eigenvalue weighted by atomic mass is 35.5. The van der Waals surface area contributed by atoms with Gasteiger partial charge in [0.2, 0.25) is 0 Å². The molecule has 0 saturated carbocycles. The van der Waals surface area contributed by atoms with Crippen LogP contribution in [0, 0.1) is 6.92 Å². The number of aryl methyl sites for hydroxylation is 1. The van der Waals surface area contributed by atoms with Crippen molar-refractivity contribution < 1.29 is 13.9 Å². The van der Waals surface area contributed by atoms with Crippen molar-refractivity contribution >= 4 is 22.6 Å². The summed E-state index contributed by atoms with van der Waals surface area (Å²) in [5, 5.41) is 1.53. The molecule has 5 heteroatoms. The van der Waals surface area contributed by atoms with Gasteiger partial charge in [0.15, 0.2) is 0 Å². The van der Waals surface area contributed by atoms with Crippen LogP contribution in [0.2, 0.25) is 5.02 Å². The Hall–Kier alpha value is -3.24. The number of hydrogen-bond donors (Lipinski definition) is 0. The van der Waals surface area contributed by atoms with Crippen molar-refractivity contribution in [2.45, 2.75) is 13.5 Å². The highest BCUT2D eigenvalue weighted by molar-refractivity contribution is 6.30. The van der Waals surface area contributed by atoms with E-state index < -0.39 is 0 Å². The fraction of sp³-hybridized carbons (Fsp3) is 0.125. The summed E-state index contributed by atoms with van der Waals surface area (Å²) in [6.07, 6.45) is 0. The zero-order valence-electron chi connectivity index (χ0n) is 16.1. The molecule has 29 heavy (non-hydrogen) atoms. The minimum Gasteiger partial charge on any atom is -0.497 e. The molecule has 0 N–H and O–H groups in total. The van der Waals surface area contributed by atoms with Crippen molar-refractivity contribution in [1.29, 1.82) is 0 Å². The van der Waals surface area contributed by atoms with Gasteiger partial charge in [0.1, 0.15) is 23.7 Å². The van der Waals surface area contributed by atoms with Gasteiger partial charge < -0.3 is 13.9 Å². The maximum atomic E-state index is 12.6. The Morgan fingerprint density at radius 3 is 2.31 bits per heavy atom. The SMILES string of the molecule is COc1ccc(-c2c(C)c3cc(OCc4ccc(Cl)cc4)ccc3oc2=O)cc1. The first-order valence-corrected chi connectivity index (χ1v) is 9.52. The predicted molar refractivity (Wildman–Crippen MR) is 115 cm³/mol. The molecule has 0 fully saturated rings. The molecule has 4 nitrogen and oxygen atoms in total. The third-order valence-corrected chi connectivity index (χ3v) is 5.09. The molecular formula is C24H19ClO4. The molecule has 146 valence electrons. The molecule has 0 bridgehead atoms. The molecule has 0 spiro atoms. The second-order valence-electron chi connectivity index (χ2n) is 6.69. The number of rotatable bonds is 5. The number of fused-ring (bicyclic) bond motifs is 1. The maximum Gasteiger partial charge on any atom is 0.344 e. The van der Waals surface area contributed by atoms with Crippen LogP contribution in [-0.2, 0) is 6.61 Å². The fourth-order valence-corrected chi connectivity index (χ4v) is 3.38. The zero-order valence-corrected chi connectivity index (χ0v) is 16.8. The summed E-state index contributed by atoms with van der Waals surface area (Å²) in [5.74, 6) is 1.43. The second kappa shape index (κ2) is 8.02. The molecule has 0 aliphatic carbocycles. The quantitative estimate of drug-likeness (QED) is 0.381. The standard InChI is InChI=1S/C24H19ClO4/c1-15-21-13-20(28-14-16-3-7-18(25)8-4-16)11-12-22(21)29-24(26)23(15)17-5-9-19(27-2)10-6-17/h3-13H,14H2,1-2H3. The first kappa shape index (κ1) is 19.1. The minimum absolute atomic E-state index is 0.366. The summed E-state index contributed by atoms with van der Waals surface area (Å²) in [4.78, 5) is 12.6. The van der Waals surface area contributed by atoms with Gasteiger partial charge in [0, 0.05) is 10.4 Å². The van der Waals surface area contributed by atoms with E-state index in [9.17, 15) is 4.79 Å².